The van der Waals surface area contributed by atoms with Gasteiger partial charge in [-0.25, -0.2) is 0 Å². The van der Waals surface area contributed by atoms with Crippen LogP contribution in [0.15, 0.2) is 0 Å². The summed E-state index contributed by atoms with van der Waals surface area (Å²) < 4.78 is 5.05. The molecule has 1 aliphatic rings. The molecule has 1 N–H and O–H groups in total. The summed E-state index contributed by atoms with van der Waals surface area (Å²) in [5, 5.41) is 9.03. The maximum Gasteiger partial charge on any atom is 0.310 e. The van der Waals surface area contributed by atoms with E-state index in [9.17, 15) is 9.59 Å². The number of carbonyl (C=O) groups is 2. The molecule has 1 atom stereocenters. The first-order chi connectivity index (χ1) is 10.1. The molecule has 6 heteroatoms. The van der Waals surface area contributed by atoms with Crippen LogP contribution in [-0.2, 0) is 14.3 Å². The summed E-state index contributed by atoms with van der Waals surface area (Å²) in [5.74, 6) is -0.359. The number of amides is 1. The quantitative estimate of drug-likeness (QED) is 0.661. The van der Waals surface area contributed by atoms with Crippen molar-refractivity contribution in [3.8, 4) is 0 Å². The lowest BCUT2D eigenvalue weighted by Crippen LogP contribution is -2.47. The predicted octanol–water partition coefficient (Wildman–Crippen LogP) is 0.492. The average molecular weight is 300 g/mol. The van der Waals surface area contributed by atoms with E-state index in [2.05, 4.69) is 0 Å². The lowest BCUT2D eigenvalue weighted by Gasteiger charge is -2.33. The van der Waals surface area contributed by atoms with Gasteiger partial charge in [0.05, 0.1) is 25.7 Å². The second kappa shape index (κ2) is 9.73. The molecule has 1 fully saturated rings. The highest BCUT2D eigenvalue weighted by atomic mass is 16.5. The van der Waals surface area contributed by atoms with Crippen LogP contribution >= 0.6 is 0 Å². The van der Waals surface area contributed by atoms with E-state index in [1.165, 1.54) is 0 Å². The summed E-state index contributed by atoms with van der Waals surface area (Å²) in [5.41, 5.74) is 0. The second-order valence-corrected chi connectivity index (χ2v) is 5.43. The Morgan fingerprint density at radius 1 is 1.33 bits per heavy atom. The van der Waals surface area contributed by atoms with Gasteiger partial charge in [0, 0.05) is 19.6 Å². The number of carbonyl (C=O) groups excluding carboxylic acids is 2. The van der Waals surface area contributed by atoms with E-state index >= 15 is 0 Å². The highest BCUT2D eigenvalue weighted by Crippen LogP contribution is 2.18. The molecule has 1 amide bonds. The van der Waals surface area contributed by atoms with Crippen LogP contribution in [0, 0.1) is 5.92 Å². The van der Waals surface area contributed by atoms with E-state index in [1.54, 1.807) is 11.8 Å². The van der Waals surface area contributed by atoms with Crippen LogP contribution in [-0.4, -0.2) is 72.7 Å². The van der Waals surface area contributed by atoms with Crippen LogP contribution in [0.4, 0.5) is 0 Å². The fourth-order valence-electron chi connectivity index (χ4n) is 2.68. The van der Waals surface area contributed by atoms with E-state index in [4.69, 9.17) is 9.84 Å². The molecule has 1 heterocycles. The molecule has 0 aromatic carbocycles. The third-order valence-electron chi connectivity index (χ3n) is 3.71. The van der Waals surface area contributed by atoms with Crippen LogP contribution in [0.25, 0.3) is 0 Å². The number of rotatable bonds is 8. The van der Waals surface area contributed by atoms with Gasteiger partial charge in [-0.2, -0.15) is 0 Å². The number of hydrogen-bond donors (Lipinski definition) is 1. The van der Waals surface area contributed by atoms with Gasteiger partial charge in [0.15, 0.2) is 0 Å². The van der Waals surface area contributed by atoms with Gasteiger partial charge in [0.25, 0.3) is 0 Å². The molecule has 0 radical (unpaired) electrons. The fourth-order valence-corrected chi connectivity index (χ4v) is 2.68. The van der Waals surface area contributed by atoms with Gasteiger partial charge < -0.3 is 14.7 Å². The molecule has 0 unspecified atom stereocenters. The normalized spacial score (nSPS) is 18.9. The molecule has 0 bridgehead atoms. The zero-order valence-electron chi connectivity index (χ0n) is 13.2. The maximum absolute atomic E-state index is 12.3. The first-order valence-corrected chi connectivity index (χ1v) is 7.89. The Morgan fingerprint density at radius 3 is 2.71 bits per heavy atom. The average Bonchev–Trinajstić information content (AvgIpc) is 2.48. The molecular formula is C15H28N2O4. The van der Waals surface area contributed by atoms with E-state index < -0.39 is 0 Å². The van der Waals surface area contributed by atoms with E-state index in [1.807, 2.05) is 11.8 Å². The summed E-state index contributed by atoms with van der Waals surface area (Å²) in [6.45, 7) is 7.04. The Bertz CT molecular complexity index is 330. The van der Waals surface area contributed by atoms with Crippen molar-refractivity contribution in [3.05, 3.63) is 0 Å². The van der Waals surface area contributed by atoms with Crippen molar-refractivity contribution < 1.29 is 19.4 Å². The van der Waals surface area contributed by atoms with Crippen molar-refractivity contribution >= 4 is 11.9 Å². The number of esters is 1. The predicted molar refractivity (Wildman–Crippen MR) is 79.8 cm³/mol. The molecule has 6 nitrogen and oxygen atoms in total. The van der Waals surface area contributed by atoms with E-state index in [-0.39, 0.29) is 24.4 Å². The van der Waals surface area contributed by atoms with Crippen molar-refractivity contribution in [2.45, 2.75) is 33.1 Å². The number of hydrogen-bond acceptors (Lipinski definition) is 5. The van der Waals surface area contributed by atoms with Crippen LogP contribution in [0.3, 0.4) is 0 Å². The molecule has 0 aromatic heterocycles. The zero-order chi connectivity index (χ0) is 15.7. The van der Waals surface area contributed by atoms with Crippen molar-refractivity contribution in [2.24, 2.45) is 5.92 Å². The third kappa shape index (κ3) is 6.01. The number of ether oxygens (including phenoxy) is 1. The van der Waals surface area contributed by atoms with Gasteiger partial charge in [-0.3, -0.25) is 14.5 Å². The van der Waals surface area contributed by atoms with Gasteiger partial charge in [-0.05, 0) is 32.7 Å². The van der Waals surface area contributed by atoms with Crippen molar-refractivity contribution in [1.29, 1.82) is 0 Å². The van der Waals surface area contributed by atoms with Gasteiger partial charge >= 0.3 is 5.97 Å². The van der Waals surface area contributed by atoms with Gasteiger partial charge in [0.1, 0.15) is 0 Å². The first-order valence-electron chi connectivity index (χ1n) is 7.89. The summed E-state index contributed by atoms with van der Waals surface area (Å²) in [4.78, 5) is 27.8. The number of aliphatic hydroxyl groups is 1. The van der Waals surface area contributed by atoms with E-state index in [0.717, 1.165) is 25.8 Å². The third-order valence-corrected chi connectivity index (χ3v) is 3.71. The smallest absolute Gasteiger partial charge is 0.310 e. The molecule has 1 rings (SSSR count). The maximum atomic E-state index is 12.3. The number of aliphatic hydroxyl groups excluding tert-OH is 1. The summed E-state index contributed by atoms with van der Waals surface area (Å²) in [6.07, 6.45) is 2.57. The first kappa shape index (κ1) is 17.9. The molecule has 1 saturated heterocycles. The highest BCUT2D eigenvalue weighted by Gasteiger charge is 2.29. The molecular weight excluding hydrogens is 272 g/mol. The van der Waals surface area contributed by atoms with Crippen molar-refractivity contribution in [3.63, 3.8) is 0 Å². The minimum atomic E-state index is -0.198. The SMILES string of the molecule is CCCN(CCO)CC(=O)N1CCC[C@H](C(=O)OCC)C1. The van der Waals surface area contributed by atoms with Crippen LogP contribution in [0.2, 0.25) is 0 Å². The fraction of sp³-hybridized carbons (Fsp3) is 0.867. The molecule has 0 aliphatic carbocycles. The number of likely N-dealkylation sites (tertiary alicyclic amines) is 1. The lowest BCUT2D eigenvalue weighted by molar-refractivity contribution is -0.151. The van der Waals surface area contributed by atoms with E-state index in [0.29, 0.717) is 32.8 Å². The number of piperidine rings is 1. The Morgan fingerprint density at radius 2 is 2.10 bits per heavy atom. The van der Waals surface area contributed by atoms with Crippen molar-refractivity contribution in [2.75, 3.05) is 45.9 Å². The Balaban J connectivity index is 2.50. The minimum absolute atomic E-state index is 0.0332. The molecule has 122 valence electrons. The Labute approximate surface area is 127 Å². The molecule has 0 saturated carbocycles. The van der Waals surface area contributed by atoms with Gasteiger partial charge in [-0.1, -0.05) is 6.92 Å². The standard InChI is InChI=1S/C15H28N2O4/c1-3-7-16(9-10-18)12-14(19)17-8-5-6-13(11-17)15(20)21-4-2/h13,18H,3-12H2,1-2H3/t13-/m0/s1. The minimum Gasteiger partial charge on any atom is -0.466 e. The summed E-state index contributed by atoms with van der Waals surface area (Å²) in [7, 11) is 0. The lowest BCUT2D eigenvalue weighted by atomic mass is 9.98. The van der Waals surface area contributed by atoms with Crippen LogP contribution in [0.5, 0.6) is 0 Å². The summed E-state index contributed by atoms with van der Waals surface area (Å²) >= 11 is 0. The molecule has 1 aliphatic heterocycles. The second-order valence-electron chi connectivity index (χ2n) is 5.43. The monoisotopic (exact) mass is 300 g/mol. The van der Waals surface area contributed by atoms with Crippen LogP contribution in [0.1, 0.15) is 33.1 Å². The van der Waals surface area contributed by atoms with Gasteiger partial charge in [-0.15, -0.1) is 0 Å². The molecule has 21 heavy (non-hydrogen) atoms. The summed E-state index contributed by atoms with van der Waals surface area (Å²) in [6, 6.07) is 0. The Kier molecular flexibility index (Phi) is 8.30. The topological polar surface area (TPSA) is 70.1 Å². The molecule has 0 spiro atoms. The highest BCUT2D eigenvalue weighted by molar-refractivity contribution is 5.80. The largest absolute Gasteiger partial charge is 0.466 e. The van der Waals surface area contributed by atoms with Crippen LogP contribution < -0.4 is 0 Å². The number of nitrogens with zero attached hydrogens (tertiary/aromatic N) is 2. The molecule has 0 aromatic rings. The van der Waals surface area contributed by atoms with Crippen molar-refractivity contribution in [1.82, 2.24) is 9.80 Å². The zero-order valence-corrected chi connectivity index (χ0v) is 13.2. The Hall–Kier alpha value is -1.14. The van der Waals surface area contributed by atoms with Gasteiger partial charge in [0.2, 0.25) is 5.91 Å².